The Bertz CT molecular complexity index is 990. The molecule has 0 bridgehead atoms. The Morgan fingerprint density at radius 2 is 1.80 bits per heavy atom. The molecule has 0 fully saturated rings. The molecule has 0 aliphatic rings. The van der Waals surface area contributed by atoms with Gasteiger partial charge in [0.15, 0.2) is 0 Å². The number of aliphatic hydroxyl groups excluding tert-OH is 1. The minimum atomic E-state index is -4.51. The van der Waals surface area contributed by atoms with Crippen molar-refractivity contribution < 1.29 is 31.5 Å². The number of hydrogen-bond donors (Lipinski definition) is 3. The Kier molecular flexibility index (Phi) is 7.77. The molecular formula is C20H21F3N2O4S. The number of anilines is 1. The summed E-state index contributed by atoms with van der Waals surface area (Å²) in [5.74, 6) is -1.05. The highest BCUT2D eigenvalue weighted by Gasteiger charge is 2.30. The van der Waals surface area contributed by atoms with E-state index in [0.717, 1.165) is 12.1 Å². The van der Waals surface area contributed by atoms with E-state index in [-0.39, 0.29) is 24.3 Å². The van der Waals surface area contributed by atoms with Crippen molar-refractivity contribution in [1.82, 2.24) is 4.72 Å². The third kappa shape index (κ3) is 7.29. The number of halogens is 3. The van der Waals surface area contributed by atoms with Crippen LogP contribution in [0.15, 0.2) is 61.2 Å². The molecule has 0 saturated heterocycles. The van der Waals surface area contributed by atoms with Crippen LogP contribution in [0.4, 0.5) is 18.9 Å². The third-order valence-electron chi connectivity index (χ3n) is 4.01. The van der Waals surface area contributed by atoms with E-state index < -0.39 is 33.8 Å². The molecule has 10 heteroatoms. The second-order valence-electron chi connectivity index (χ2n) is 6.50. The van der Waals surface area contributed by atoms with E-state index in [2.05, 4.69) is 16.6 Å². The van der Waals surface area contributed by atoms with Gasteiger partial charge in [0.1, 0.15) is 6.10 Å². The SMILES string of the molecule is C=CCNS(=O)(=O)Cc1ccc(NC(=O)[C@@H](O)Cc2cccc(C(F)(F)F)c2)cc1. The molecule has 1 atom stereocenters. The molecule has 0 heterocycles. The molecule has 6 nitrogen and oxygen atoms in total. The first kappa shape index (κ1) is 23.6. The minimum absolute atomic E-state index is 0.111. The first-order chi connectivity index (χ1) is 14.0. The van der Waals surface area contributed by atoms with Gasteiger partial charge < -0.3 is 10.4 Å². The molecule has 0 aliphatic carbocycles. The number of hydrogen-bond acceptors (Lipinski definition) is 4. The van der Waals surface area contributed by atoms with Crippen molar-refractivity contribution in [3.63, 3.8) is 0 Å². The van der Waals surface area contributed by atoms with Crippen LogP contribution in [0.3, 0.4) is 0 Å². The fourth-order valence-corrected chi connectivity index (χ4v) is 3.66. The number of carbonyl (C=O) groups is 1. The summed E-state index contributed by atoms with van der Waals surface area (Å²) in [5.41, 5.74) is 0.0955. The number of carbonyl (C=O) groups excluding carboxylic acids is 1. The number of amides is 1. The maximum Gasteiger partial charge on any atom is 0.416 e. The van der Waals surface area contributed by atoms with Crippen molar-refractivity contribution in [2.24, 2.45) is 0 Å². The molecule has 2 aromatic rings. The van der Waals surface area contributed by atoms with Gasteiger partial charge in [-0.1, -0.05) is 36.4 Å². The number of sulfonamides is 1. The third-order valence-corrected chi connectivity index (χ3v) is 5.33. The maximum absolute atomic E-state index is 12.8. The normalized spacial score (nSPS) is 12.9. The first-order valence-electron chi connectivity index (χ1n) is 8.82. The van der Waals surface area contributed by atoms with E-state index >= 15 is 0 Å². The van der Waals surface area contributed by atoms with E-state index in [4.69, 9.17) is 0 Å². The molecule has 0 aromatic heterocycles. The summed E-state index contributed by atoms with van der Waals surface area (Å²) in [6.45, 7) is 3.54. The van der Waals surface area contributed by atoms with Crippen LogP contribution in [0.5, 0.6) is 0 Å². The second-order valence-corrected chi connectivity index (χ2v) is 8.31. The average Bonchev–Trinajstić information content (AvgIpc) is 2.67. The average molecular weight is 442 g/mol. The molecule has 0 radical (unpaired) electrons. The number of rotatable bonds is 9. The van der Waals surface area contributed by atoms with Crippen LogP contribution in [-0.4, -0.2) is 32.1 Å². The van der Waals surface area contributed by atoms with Gasteiger partial charge in [0.25, 0.3) is 5.91 Å². The summed E-state index contributed by atoms with van der Waals surface area (Å²) >= 11 is 0. The summed E-state index contributed by atoms with van der Waals surface area (Å²) in [5, 5.41) is 12.5. The predicted octanol–water partition coefficient (Wildman–Crippen LogP) is 2.85. The van der Waals surface area contributed by atoms with Crippen molar-refractivity contribution in [1.29, 1.82) is 0 Å². The van der Waals surface area contributed by atoms with Gasteiger partial charge in [0.2, 0.25) is 10.0 Å². The molecular weight excluding hydrogens is 421 g/mol. The van der Waals surface area contributed by atoms with Crippen molar-refractivity contribution >= 4 is 21.6 Å². The van der Waals surface area contributed by atoms with E-state index in [1.54, 1.807) is 0 Å². The highest BCUT2D eigenvalue weighted by Crippen LogP contribution is 2.29. The van der Waals surface area contributed by atoms with Crippen molar-refractivity contribution in [2.45, 2.75) is 24.5 Å². The molecule has 0 unspecified atom stereocenters. The smallest absolute Gasteiger partial charge is 0.383 e. The largest absolute Gasteiger partial charge is 0.416 e. The van der Waals surface area contributed by atoms with Crippen LogP contribution in [-0.2, 0) is 33.2 Å². The Labute approximate surface area is 172 Å². The van der Waals surface area contributed by atoms with Gasteiger partial charge in [0.05, 0.1) is 11.3 Å². The molecule has 162 valence electrons. The molecule has 1 amide bonds. The van der Waals surface area contributed by atoms with Crippen LogP contribution < -0.4 is 10.0 Å². The van der Waals surface area contributed by atoms with Gasteiger partial charge in [0, 0.05) is 18.7 Å². The van der Waals surface area contributed by atoms with Crippen molar-refractivity contribution in [3.05, 3.63) is 77.9 Å². The Balaban J connectivity index is 1.96. The topological polar surface area (TPSA) is 95.5 Å². The molecule has 30 heavy (non-hydrogen) atoms. The first-order valence-corrected chi connectivity index (χ1v) is 10.5. The highest BCUT2D eigenvalue weighted by atomic mass is 32.2. The lowest BCUT2D eigenvalue weighted by Crippen LogP contribution is -2.29. The van der Waals surface area contributed by atoms with Gasteiger partial charge in [-0.05, 0) is 29.3 Å². The molecule has 0 spiro atoms. The molecule has 2 aromatic carbocycles. The summed E-state index contributed by atoms with van der Waals surface area (Å²) in [7, 11) is -3.52. The van der Waals surface area contributed by atoms with Gasteiger partial charge in [-0.15, -0.1) is 6.58 Å². The molecule has 2 rings (SSSR count). The van der Waals surface area contributed by atoms with Gasteiger partial charge in [-0.3, -0.25) is 4.79 Å². The van der Waals surface area contributed by atoms with Crippen molar-refractivity contribution in [3.8, 4) is 0 Å². The van der Waals surface area contributed by atoms with Gasteiger partial charge in [-0.2, -0.15) is 13.2 Å². The van der Waals surface area contributed by atoms with E-state index in [0.29, 0.717) is 11.3 Å². The quantitative estimate of drug-likeness (QED) is 0.521. The zero-order valence-corrected chi connectivity index (χ0v) is 16.6. The predicted molar refractivity (Wildman–Crippen MR) is 107 cm³/mol. The maximum atomic E-state index is 12.8. The lowest BCUT2D eigenvalue weighted by Gasteiger charge is -2.13. The van der Waals surface area contributed by atoms with Crippen LogP contribution in [0, 0.1) is 0 Å². The monoisotopic (exact) mass is 442 g/mol. The van der Waals surface area contributed by atoms with Crippen LogP contribution in [0.25, 0.3) is 0 Å². The summed E-state index contributed by atoms with van der Waals surface area (Å²) in [4.78, 5) is 12.1. The minimum Gasteiger partial charge on any atom is -0.383 e. The van der Waals surface area contributed by atoms with Crippen LogP contribution in [0.1, 0.15) is 16.7 Å². The Hall–Kier alpha value is -2.69. The number of nitrogens with one attached hydrogen (secondary N) is 2. The zero-order valence-electron chi connectivity index (χ0n) is 15.8. The summed E-state index contributed by atoms with van der Waals surface area (Å²) in [6, 6.07) is 10.3. The number of benzene rings is 2. The lowest BCUT2D eigenvalue weighted by atomic mass is 10.0. The zero-order chi connectivity index (χ0) is 22.4. The molecule has 0 saturated carbocycles. The summed E-state index contributed by atoms with van der Waals surface area (Å²) in [6.07, 6.45) is -4.95. The standard InChI is InChI=1S/C20H21F3N2O4S/c1-2-10-24-30(28,29)13-14-6-8-17(9-7-14)25-19(27)18(26)12-15-4-3-5-16(11-15)20(21,22)23/h2-9,11,18,24,26H,1,10,12-13H2,(H,25,27)/t18-/m0/s1. The van der Waals surface area contributed by atoms with Crippen LogP contribution >= 0.6 is 0 Å². The fourth-order valence-electron chi connectivity index (χ4n) is 2.56. The fraction of sp³-hybridized carbons (Fsp3) is 0.250. The summed E-state index contributed by atoms with van der Waals surface area (Å²) < 4.78 is 64.3. The van der Waals surface area contributed by atoms with Crippen molar-refractivity contribution in [2.75, 3.05) is 11.9 Å². The van der Waals surface area contributed by atoms with Crippen LogP contribution in [0.2, 0.25) is 0 Å². The van der Waals surface area contributed by atoms with Gasteiger partial charge >= 0.3 is 6.18 Å². The van der Waals surface area contributed by atoms with E-state index in [9.17, 15) is 31.5 Å². The van der Waals surface area contributed by atoms with Gasteiger partial charge in [-0.25, -0.2) is 13.1 Å². The Morgan fingerprint density at radius 3 is 2.40 bits per heavy atom. The highest BCUT2D eigenvalue weighted by molar-refractivity contribution is 7.88. The van der Waals surface area contributed by atoms with E-state index in [1.807, 2.05) is 0 Å². The number of alkyl halides is 3. The second kappa shape index (κ2) is 9.88. The Morgan fingerprint density at radius 1 is 1.13 bits per heavy atom. The molecule has 0 aliphatic heterocycles. The lowest BCUT2D eigenvalue weighted by molar-refractivity contribution is -0.137. The number of aliphatic hydroxyl groups is 1. The molecule has 3 N–H and O–H groups in total. The van der Waals surface area contributed by atoms with E-state index in [1.165, 1.54) is 42.5 Å².